The van der Waals surface area contributed by atoms with Gasteiger partial charge in [0.15, 0.2) is 0 Å². The summed E-state index contributed by atoms with van der Waals surface area (Å²) in [6.45, 7) is 43.7. The fraction of sp³-hybridized carbons (Fsp3) is 0.389. The predicted octanol–water partition coefficient (Wildman–Crippen LogP) is 18.0. The number of β-amino-alcohol motifs (C(OH)–C–C–N with tert-alkyl or cyclic N) is 1. The number of amides is 2. The molecule has 0 aliphatic carbocycles. The number of benzene rings is 1. The molecule has 0 spiro atoms. The van der Waals surface area contributed by atoms with Crippen LogP contribution in [0.2, 0.25) is 0 Å². The van der Waals surface area contributed by atoms with Crippen LogP contribution >= 0.6 is 23.7 Å². The van der Waals surface area contributed by atoms with Gasteiger partial charge in [0, 0.05) is 74.5 Å². The molecule has 456 valence electrons. The Bertz CT molecular complexity index is 2760. The molecule has 1 aromatic heterocycles. The van der Waals surface area contributed by atoms with Crippen molar-refractivity contribution in [2.45, 2.75) is 173 Å². The first-order valence-electron chi connectivity index (χ1n) is 29.2. The molecule has 2 amide bonds. The number of thiazole rings is 1. The second-order valence-electron chi connectivity index (χ2n) is 21.0. The van der Waals surface area contributed by atoms with Gasteiger partial charge in [-0.15, -0.1) is 23.7 Å². The maximum absolute atomic E-state index is 12.8. The van der Waals surface area contributed by atoms with E-state index in [1.165, 1.54) is 49.6 Å². The summed E-state index contributed by atoms with van der Waals surface area (Å²) in [5.41, 5.74) is 23.1. The topological polar surface area (TPSA) is 146 Å². The molecule has 4 N–H and O–H groups in total. The second-order valence-corrected chi connectivity index (χ2v) is 21.9. The highest BCUT2D eigenvalue weighted by molar-refractivity contribution is 7.13. The third-order valence-corrected chi connectivity index (χ3v) is 14.8. The van der Waals surface area contributed by atoms with E-state index in [1.807, 2.05) is 159 Å². The number of hydrogen-bond donors (Lipinski definition) is 3. The first-order chi connectivity index (χ1) is 39.6. The van der Waals surface area contributed by atoms with Crippen molar-refractivity contribution in [3.63, 3.8) is 0 Å². The van der Waals surface area contributed by atoms with Crippen molar-refractivity contribution in [1.29, 1.82) is 0 Å². The number of allylic oxidation sites excluding steroid dienone is 26. The number of rotatable bonds is 19. The van der Waals surface area contributed by atoms with Crippen LogP contribution in [-0.2, 0) is 16.1 Å². The summed E-state index contributed by atoms with van der Waals surface area (Å²) in [7, 11) is 0. The number of likely N-dealkylation sites (tertiary alicyclic amines) is 1. The Hall–Kier alpha value is -6.89. The maximum Gasteiger partial charge on any atom is 0.243 e. The van der Waals surface area contributed by atoms with Crippen molar-refractivity contribution in [3.8, 4) is 10.4 Å². The van der Waals surface area contributed by atoms with Crippen molar-refractivity contribution < 1.29 is 14.7 Å². The number of nitrogens with zero attached hydrogens (tertiary/aromatic N) is 5. The second kappa shape index (κ2) is 43.7. The van der Waals surface area contributed by atoms with Gasteiger partial charge in [0.05, 0.1) is 28.2 Å². The molecule has 6 rings (SSSR count). The number of aliphatic hydroxyl groups excluding tert-OH is 1. The SMILES string of the molecule is C=C/C(=C\C=C\C)CC.C=C/C(=C\C=C\C)CC.C=C/C(=C\C=C\C1=C(C)N=CC1)CC.C=C/C(=C\C=C\C1=C(C)N=CC1)CC.CC1=C(C)N=CC1.Cc1ncsc1-c1ccc(CNC(=O)[C@@H]2C[C@@H](O)CN2C(=O)[C@@H](N)C(C)(C)C)cc1.Cl. The van der Waals surface area contributed by atoms with Gasteiger partial charge < -0.3 is 21.1 Å². The maximum atomic E-state index is 12.8. The zero-order valence-electron chi connectivity index (χ0n) is 53.4. The highest BCUT2D eigenvalue weighted by atomic mass is 35.5. The lowest BCUT2D eigenvalue weighted by atomic mass is 9.86. The largest absolute Gasteiger partial charge is 0.391 e. The van der Waals surface area contributed by atoms with Crippen molar-refractivity contribution in [1.82, 2.24) is 15.2 Å². The van der Waals surface area contributed by atoms with E-state index in [1.54, 1.807) is 11.3 Å². The number of aromatic nitrogens is 1. The summed E-state index contributed by atoms with van der Waals surface area (Å²) >= 11 is 1.60. The highest BCUT2D eigenvalue weighted by Gasteiger charge is 2.42. The molecule has 0 bridgehead atoms. The van der Waals surface area contributed by atoms with E-state index in [-0.39, 0.29) is 37.2 Å². The molecule has 1 saturated heterocycles. The molecule has 4 aliphatic rings. The van der Waals surface area contributed by atoms with E-state index in [4.69, 9.17) is 5.73 Å². The number of aryl methyl sites for hydroxylation is 1. The molecule has 10 nitrogen and oxygen atoms in total. The van der Waals surface area contributed by atoms with E-state index in [0.717, 1.165) is 78.0 Å². The number of nitrogens with two attached hydrogens (primary N) is 1. The molecule has 12 heteroatoms. The Morgan fingerprint density at radius 1 is 0.702 bits per heavy atom. The molecule has 4 aliphatic heterocycles. The molecule has 84 heavy (non-hydrogen) atoms. The van der Waals surface area contributed by atoms with E-state index in [2.05, 4.69) is 135 Å². The van der Waals surface area contributed by atoms with Gasteiger partial charge in [-0.1, -0.05) is 196 Å². The molecule has 3 atom stereocenters. The summed E-state index contributed by atoms with van der Waals surface area (Å²) in [5.74, 6) is -0.577. The summed E-state index contributed by atoms with van der Waals surface area (Å²) in [5, 5.41) is 13.0. The number of carbonyl (C=O) groups excluding carboxylic acids is 2. The average molecular weight is 1180 g/mol. The fourth-order valence-corrected chi connectivity index (χ4v) is 8.64. The Morgan fingerprint density at radius 2 is 1.13 bits per heavy atom. The third-order valence-electron chi connectivity index (χ3n) is 13.8. The normalized spacial score (nSPS) is 17.2. The third kappa shape index (κ3) is 29.6. The van der Waals surface area contributed by atoms with Gasteiger partial charge in [-0.2, -0.15) is 0 Å². The Kier molecular flexibility index (Phi) is 40.1. The smallest absolute Gasteiger partial charge is 0.243 e. The van der Waals surface area contributed by atoms with Crippen LogP contribution < -0.4 is 11.1 Å². The molecule has 0 saturated carbocycles. The van der Waals surface area contributed by atoms with Gasteiger partial charge >= 0.3 is 0 Å². The van der Waals surface area contributed by atoms with Crippen molar-refractivity contribution >= 4 is 54.2 Å². The van der Waals surface area contributed by atoms with Crippen LogP contribution in [0.5, 0.6) is 0 Å². The molecule has 5 heterocycles. The highest BCUT2D eigenvalue weighted by Crippen LogP contribution is 2.28. The van der Waals surface area contributed by atoms with E-state index in [0.29, 0.717) is 6.54 Å². The number of aliphatic imine (C=N–C) groups is 3. The average Bonchev–Trinajstić information content (AvgIpc) is 4.55. The van der Waals surface area contributed by atoms with E-state index >= 15 is 0 Å². The van der Waals surface area contributed by atoms with Crippen LogP contribution in [0, 0.1) is 12.3 Å². The van der Waals surface area contributed by atoms with Crippen LogP contribution in [0.3, 0.4) is 0 Å². The predicted molar refractivity (Wildman–Crippen MR) is 370 cm³/mol. The lowest BCUT2D eigenvalue weighted by Crippen LogP contribution is -2.54. The van der Waals surface area contributed by atoms with Gasteiger partial charge in [0.1, 0.15) is 6.04 Å². The van der Waals surface area contributed by atoms with Crippen molar-refractivity contribution in [2.75, 3.05) is 6.54 Å². The van der Waals surface area contributed by atoms with Crippen molar-refractivity contribution in [3.05, 3.63) is 221 Å². The molecular formula is C72H102ClN7O3S. The van der Waals surface area contributed by atoms with Gasteiger partial charge in [-0.25, -0.2) is 4.98 Å². The Labute approximate surface area is 518 Å². The number of halogens is 1. The lowest BCUT2D eigenvalue weighted by molar-refractivity contribution is -0.141. The first-order valence-corrected chi connectivity index (χ1v) is 30.0. The molecule has 0 unspecified atom stereocenters. The lowest BCUT2D eigenvalue weighted by Gasteiger charge is -2.32. The molecule has 1 fully saturated rings. The molecule has 1 aromatic carbocycles. The number of carbonyl (C=O) groups is 2. The van der Waals surface area contributed by atoms with Gasteiger partial charge in [-0.3, -0.25) is 24.6 Å². The zero-order valence-corrected chi connectivity index (χ0v) is 55.0. The summed E-state index contributed by atoms with van der Waals surface area (Å²) in [6, 6.07) is 6.52. The molecular weight excluding hydrogens is 1080 g/mol. The number of aliphatic hydroxyl groups is 1. The summed E-state index contributed by atoms with van der Waals surface area (Å²) in [4.78, 5) is 44.9. The van der Waals surface area contributed by atoms with Crippen LogP contribution in [-0.4, -0.2) is 70.2 Å². The summed E-state index contributed by atoms with van der Waals surface area (Å²) in [6.07, 6.45) is 45.0. The minimum absolute atomic E-state index is 0. The van der Waals surface area contributed by atoms with Crippen LogP contribution in [0.25, 0.3) is 10.4 Å². The molecule has 0 radical (unpaired) electrons. The van der Waals surface area contributed by atoms with E-state index < -0.39 is 23.6 Å². The Balaban J connectivity index is 0.00000108. The monoisotopic (exact) mass is 1180 g/mol. The van der Waals surface area contributed by atoms with Crippen LogP contribution in [0.1, 0.15) is 153 Å². The molecule has 2 aromatic rings. The summed E-state index contributed by atoms with van der Waals surface area (Å²) < 4.78 is 0. The quantitative estimate of drug-likeness (QED) is 0.120. The number of nitrogens with one attached hydrogen (secondary N) is 1. The Morgan fingerprint density at radius 3 is 1.45 bits per heavy atom. The van der Waals surface area contributed by atoms with E-state index in [9.17, 15) is 14.7 Å². The van der Waals surface area contributed by atoms with Crippen LogP contribution in [0.4, 0.5) is 0 Å². The van der Waals surface area contributed by atoms with Crippen LogP contribution in [0.15, 0.2) is 224 Å². The minimum atomic E-state index is -0.735. The van der Waals surface area contributed by atoms with Gasteiger partial charge in [0.2, 0.25) is 11.8 Å². The van der Waals surface area contributed by atoms with Gasteiger partial charge in [0.25, 0.3) is 0 Å². The standard InChI is InChI=1S/C22H30N4O3S.2C13H17N.2C9H14.C6H9N.ClH/c1-13-18(30-12-25-13)15-7-5-14(6-8-15)10-24-20(28)17-9-16(27)11-26(17)21(29)19(23)22(2,3)4;2*1-4-12(5-2)7-6-8-13-9-10-14-11(13)3;2*1-4-7-8-9(5-2)6-3;1-5-3-4-7-6(5)2;/h5-8,12,16-17,19,27H,9-11,23H2,1-4H3,(H,24,28);2*4,6-8,10H,1,5,9H2,2-3H3;2*4-5,7-8H,2,6H2,1,3H3;4H,3H2,1-2H3;1H/b;2*8-6+,12-7+;2*7-4+,9-8+;;/t16-,17+,19-;;;;;;/m1....../s1. The number of hydrogen-bond acceptors (Lipinski definition) is 9. The van der Waals surface area contributed by atoms with Crippen molar-refractivity contribution in [2.24, 2.45) is 26.1 Å². The van der Waals surface area contributed by atoms with Gasteiger partial charge in [-0.05, 0) is 130 Å². The zero-order chi connectivity index (χ0) is 62.3. The minimum Gasteiger partial charge on any atom is -0.391 e. The fourth-order valence-electron chi connectivity index (χ4n) is 7.83. The first kappa shape index (κ1) is 77.1.